The van der Waals surface area contributed by atoms with Gasteiger partial charge in [-0.3, -0.25) is 13.5 Å². The van der Waals surface area contributed by atoms with Crippen LogP contribution in [0, 0.1) is 0 Å². The van der Waals surface area contributed by atoms with Crippen LogP contribution >= 0.6 is 0 Å². The number of carbonyl (C=O) groups excluding carboxylic acids is 1. The summed E-state index contributed by atoms with van der Waals surface area (Å²) < 4.78 is 37.6. The van der Waals surface area contributed by atoms with Gasteiger partial charge >= 0.3 is 10.3 Å². The number of aromatic nitrogens is 3. The van der Waals surface area contributed by atoms with Gasteiger partial charge in [0.15, 0.2) is 11.9 Å². The second-order valence-electron chi connectivity index (χ2n) is 6.96. The van der Waals surface area contributed by atoms with Crippen LogP contribution in [0.3, 0.4) is 0 Å². The lowest BCUT2D eigenvalue weighted by Crippen LogP contribution is -2.37. The molecule has 0 spiro atoms. The van der Waals surface area contributed by atoms with Gasteiger partial charge in [0.1, 0.15) is 29.6 Å². The summed E-state index contributed by atoms with van der Waals surface area (Å²) in [5.41, 5.74) is 6.59. The van der Waals surface area contributed by atoms with E-state index >= 15 is 0 Å². The number of hydrogen-bond acceptors (Lipinski definition) is 11. The largest absolute Gasteiger partial charge is 0.507 e. The van der Waals surface area contributed by atoms with Crippen molar-refractivity contribution < 1.29 is 37.5 Å². The number of anilines is 1. The lowest BCUT2D eigenvalue weighted by Gasteiger charge is -2.16. The standard InChI is InChI=1S/C18H19N5O8S/c19-10-5-6-20-16-13(10)21-8-23(16)18-15(26)14(25)12(31-18)7-30-32(28,29)22-17(27)9-3-1-2-4-11(9)24/h1-6,8,12,14-15,18,24-26H,7H2,(H2,19,20)(H,22,27)/t12-,14-,15-,18-/m1/s1/i6+1,7+1,8+1,10+1,12+1,13+1,14+1,15+1,16+1,18+1,19+1,20+1,21+1,23+1. The Hall–Kier alpha value is -3.30. The van der Waals surface area contributed by atoms with Crippen molar-refractivity contribution in [1.29, 1.82) is 0 Å². The topological polar surface area (TPSA) is 199 Å². The first-order valence-corrected chi connectivity index (χ1v) is 10.7. The highest BCUT2D eigenvalue weighted by molar-refractivity contribution is 7.85. The maximum absolute atomic E-state index is 12.1. The number of carbonyl (C=O) groups is 1. The molecule has 4 atom stereocenters. The number of amides is 1. The molecule has 3 aromatic rings. The number of ether oxygens (including phenoxy) is 1. The highest BCUT2D eigenvalue weighted by Gasteiger charge is 2.45. The number of phenols is 1. The quantitative estimate of drug-likeness (QED) is 0.215. The van der Waals surface area contributed by atoms with Gasteiger partial charge in [0, 0.05) is 6.20 Å². The van der Waals surface area contributed by atoms with E-state index in [2.05, 4.69) is 9.97 Å². The molecule has 14 heteroatoms. The lowest BCUT2D eigenvalue weighted by atomic mass is 10.2. The Balaban J connectivity index is 1.44. The summed E-state index contributed by atoms with van der Waals surface area (Å²) >= 11 is 0. The summed E-state index contributed by atoms with van der Waals surface area (Å²) in [5.74, 6) is -1.52. The van der Waals surface area contributed by atoms with Gasteiger partial charge in [-0.05, 0) is 18.2 Å². The number of nitrogens with two attached hydrogens (primary N) is 1. The molecule has 32 heavy (non-hydrogen) atoms. The van der Waals surface area contributed by atoms with Crippen molar-refractivity contribution in [3.8, 4) is 5.75 Å². The number of aliphatic hydroxyl groups is 2. The molecule has 6 N–H and O–H groups in total. The molecular weight excluding hydrogens is 460 g/mol. The van der Waals surface area contributed by atoms with E-state index in [4.69, 9.17) is 14.7 Å². The van der Waals surface area contributed by atoms with Gasteiger partial charge < -0.3 is 25.8 Å². The number of aliphatic hydroxyl groups excluding tert-OH is 2. The fourth-order valence-corrected chi connectivity index (χ4v) is 3.97. The molecule has 0 saturated carbocycles. The monoisotopic (exact) mass is 479 g/mol. The van der Waals surface area contributed by atoms with Crippen molar-refractivity contribution in [2.75, 3.05) is 12.3 Å². The molecule has 13 nitrogen and oxygen atoms in total. The van der Waals surface area contributed by atoms with Crippen LogP contribution in [-0.2, 0) is 19.2 Å². The number of benzene rings is 1. The summed E-state index contributed by atoms with van der Waals surface area (Å²) in [6.45, 7) is -0.708. The first-order valence-electron chi connectivity index (χ1n) is 9.26. The number of imidazole rings is 1. The number of hydrogen-bond donors (Lipinski definition) is 5. The SMILES string of the molecule is [15NH2][13c]1c[13cH][15n][13c]2[13c]1[15n][13cH][15n]2[13C@@H]1O[13C@H]([13CH2]OS(=O)(=O)NC(=O)c2ccccc2O)[13C@@H](O)[13C@H]1O. The maximum Gasteiger partial charge on any atom is 0.362 e. The van der Waals surface area contributed by atoms with Crippen molar-refractivity contribution in [2.24, 2.45) is 0 Å². The van der Waals surface area contributed by atoms with Crippen LogP contribution in [0.2, 0.25) is 0 Å². The molecule has 0 bridgehead atoms. The van der Waals surface area contributed by atoms with Crippen molar-refractivity contribution in [1.82, 2.24) is 19.3 Å². The fraction of sp³-hybridized carbons (Fsp3) is 0.278. The number of phenolic OH excluding ortho intramolecular Hbond substituents is 1. The Bertz CT molecular complexity index is 1260. The summed E-state index contributed by atoms with van der Waals surface area (Å²) in [4.78, 5) is 20.3. The first-order chi connectivity index (χ1) is 15.2. The van der Waals surface area contributed by atoms with Crippen molar-refractivity contribution >= 4 is 33.1 Å². The Kier molecular flexibility index (Phi) is 5.70. The molecular formula is C18H19N5O8S. The molecule has 2 aromatic heterocycles. The van der Waals surface area contributed by atoms with Crippen LogP contribution in [0.1, 0.15) is 16.6 Å². The normalized spacial score (nSPS) is 23.4. The van der Waals surface area contributed by atoms with Gasteiger partial charge in [0.05, 0.1) is 24.2 Å². The van der Waals surface area contributed by atoms with Crippen LogP contribution in [0.4, 0.5) is 5.69 Å². The summed E-state index contributed by atoms with van der Waals surface area (Å²) in [6.07, 6.45) is -2.61. The minimum Gasteiger partial charge on any atom is -0.507 e. The average Bonchev–Trinajstić information content (AvgIpc) is 3.29. The zero-order valence-corrected chi connectivity index (χ0v) is 17.1. The number of rotatable bonds is 6. The Morgan fingerprint density at radius 3 is 2.72 bits per heavy atom. The van der Waals surface area contributed by atoms with Gasteiger partial charge in [0.2, 0.25) is 0 Å². The maximum atomic E-state index is 12.1. The fourth-order valence-electron chi connectivity index (χ4n) is 3.26. The first kappa shape index (κ1) is 21.9. The number of aromatic hydroxyl groups is 1. The predicted molar refractivity (Wildman–Crippen MR) is 108 cm³/mol. The number of fused-ring (bicyclic) bond motifs is 1. The molecule has 170 valence electrons. The summed E-state index contributed by atoms with van der Waals surface area (Å²) in [6, 6.07) is 6.89. The van der Waals surface area contributed by atoms with Crippen LogP contribution in [0.5, 0.6) is 5.75 Å². The average molecular weight is 479 g/mol. The lowest BCUT2D eigenvalue weighted by molar-refractivity contribution is -0.0468. The molecule has 1 aliphatic heterocycles. The third kappa shape index (κ3) is 4.09. The van der Waals surface area contributed by atoms with Gasteiger partial charge in [-0.1, -0.05) is 12.1 Å². The number of nitrogens with one attached hydrogen (secondary N) is 1. The molecule has 1 aliphatic rings. The van der Waals surface area contributed by atoms with Crippen LogP contribution in [-0.4, -0.2) is 69.1 Å². The molecule has 0 unspecified atom stereocenters. The third-order valence-electron chi connectivity index (χ3n) is 4.86. The van der Waals surface area contributed by atoms with Crippen LogP contribution in [0.25, 0.3) is 11.2 Å². The molecule has 1 saturated heterocycles. The summed E-state index contributed by atoms with van der Waals surface area (Å²) in [7, 11) is -4.62. The molecule has 1 aromatic carbocycles. The van der Waals surface area contributed by atoms with E-state index in [1.807, 2.05) is 0 Å². The highest BCUT2D eigenvalue weighted by Crippen LogP contribution is 2.32. The number of nitrogens with zero attached hydrogens (tertiary/aromatic N) is 3. The Morgan fingerprint density at radius 2 is 1.97 bits per heavy atom. The molecule has 0 aliphatic carbocycles. The van der Waals surface area contributed by atoms with E-state index in [0.717, 1.165) is 0 Å². The van der Waals surface area contributed by atoms with Crippen molar-refractivity contribution in [3.05, 3.63) is 48.4 Å². The van der Waals surface area contributed by atoms with E-state index in [-0.39, 0.29) is 5.56 Å². The number of pyridine rings is 1. The minimum absolute atomic E-state index is 0.272. The molecule has 3 heterocycles. The van der Waals surface area contributed by atoms with Gasteiger partial charge in [0.25, 0.3) is 5.91 Å². The van der Waals surface area contributed by atoms with Crippen molar-refractivity contribution in [3.63, 3.8) is 0 Å². The molecule has 1 fully saturated rings. The van der Waals surface area contributed by atoms with E-state index in [0.29, 0.717) is 16.9 Å². The van der Waals surface area contributed by atoms with Crippen LogP contribution in [0.15, 0.2) is 42.9 Å². The van der Waals surface area contributed by atoms with E-state index in [9.17, 15) is 28.5 Å². The second kappa shape index (κ2) is 8.33. The molecule has 1 amide bonds. The third-order valence-corrected chi connectivity index (χ3v) is 5.74. The second-order valence-corrected chi connectivity index (χ2v) is 8.31. The smallest absolute Gasteiger partial charge is 0.362 e. The van der Waals surface area contributed by atoms with Crippen LogP contribution < -0.4 is 10.5 Å². The molecule has 0 radical (unpaired) electrons. The summed E-state index contributed by atoms with van der Waals surface area (Å²) in [5, 5.41) is 30.4. The van der Waals surface area contributed by atoms with E-state index in [1.54, 1.807) is 10.8 Å². The van der Waals surface area contributed by atoms with Gasteiger partial charge in [-0.2, -0.15) is 8.42 Å². The molecule has 4 rings (SSSR count). The Morgan fingerprint density at radius 1 is 1.22 bits per heavy atom. The van der Waals surface area contributed by atoms with Crippen molar-refractivity contribution in [2.45, 2.75) is 24.5 Å². The number of para-hydroxylation sites is 1. The Labute approximate surface area is 181 Å². The highest BCUT2D eigenvalue weighted by atomic mass is 32.2. The van der Waals surface area contributed by atoms with Gasteiger partial charge in [-0.15, -0.1) is 0 Å². The minimum atomic E-state index is -4.62. The van der Waals surface area contributed by atoms with E-state index < -0.39 is 53.1 Å². The van der Waals surface area contributed by atoms with Gasteiger partial charge in [-0.25, -0.2) is 14.7 Å². The van der Waals surface area contributed by atoms with E-state index in [1.165, 1.54) is 41.4 Å². The number of nitrogen functional groups attached to an aromatic ring is 1. The zero-order valence-electron chi connectivity index (χ0n) is 16.3. The predicted octanol–water partition coefficient (Wildman–Crippen LogP) is -0.970. The zero-order chi connectivity index (χ0) is 23.0.